The van der Waals surface area contributed by atoms with Crippen molar-refractivity contribution in [3.63, 3.8) is 0 Å². The Labute approximate surface area is 167 Å². The number of hydrogen-bond acceptors (Lipinski definition) is 1. The summed E-state index contributed by atoms with van der Waals surface area (Å²) in [6, 6.07) is 21.2. The lowest BCUT2D eigenvalue weighted by atomic mass is 9.98. The van der Waals surface area contributed by atoms with Gasteiger partial charge in [0.2, 0.25) is 0 Å². The van der Waals surface area contributed by atoms with Crippen LogP contribution < -0.4 is 5.32 Å². The molecule has 1 atom stereocenters. The largest absolute Gasteiger partial charge is 0.350 e. The van der Waals surface area contributed by atoms with Crippen molar-refractivity contribution in [1.29, 1.82) is 0 Å². The van der Waals surface area contributed by atoms with Gasteiger partial charge < -0.3 is 9.88 Å². The first-order chi connectivity index (χ1) is 13.7. The molecule has 0 saturated carbocycles. The Bertz CT molecular complexity index is 954. The summed E-state index contributed by atoms with van der Waals surface area (Å²) in [5.41, 5.74) is 7.19. The molecule has 1 heterocycles. The molecule has 0 bridgehead atoms. The number of fused-ring (bicyclic) bond motifs is 1. The van der Waals surface area contributed by atoms with Crippen LogP contribution in [0.5, 0.6) is 0 Å². The van der Waals surface area contributed by atoms with Crippen LogP contribution in [0.4, 0.5) is 0 Å². The van der Waals surface area contributed by atoms with Gasteiger partial charge in [-0.2, -0.15) is 0 Å². The lowest BCUT2D eigenvalue weighted by Gasteiger charge is -2.18. The van der Waals surface area contributed by atoms with Crippen molar-refractivity contribution in [3.8, 4) is 16.9 Å². The van der Waals surface area contributed by atoms with Gasteiger partial charge in [0.25, 0.3) is 5.91 Å². The van der Waals surface area contributed by atoms with E-state index in [1.165, 1.54) is 35.4 Å². The Morgan fingerprint density at radius 3 is 2.46 bits per heavy atom. The minimum atomic E-state index is -0.00119. The number of aromatic nitrogens is 1. The molecule has 0 fully saturated rings. The van der Waals surface area contributed by atoms with E-state index in [1.54, 1.807) is 0 Å². The second kappa shape index (κ2) is 8.05. The fourth-order valence-corrected chi connectivity index (χ4v) is 3.99. The summed E-state index contributed by atoms with van der Waals surface area (Å²) in [7, 11) is 0. The molecule has 1 aliphatic rings. The maximum Gasteiger partial charge on any atom is 0.251 e. The quantitative estimate of drug-likeness (QED) is 0.626. The highest BCUT2D eigenvalue weighted by Gasteiger charge is 2.20. The third kappa shape index (κ3) is 3.62. The summed E-state index contributed by atoms with van der Waals surface area (Å²) in [5, 5.41) is 3.04. The molecular weight excluding hydrogens is 344 g/mol. The number of carbonyl (C=O) groups excluding carboxylic acids is 1. The first-order valence-electron chi connectivity index (χ1n) is 10.4. The molecule has 0 aliphatic heterocycles. The van der Waals surface area contributed by atoms with E-state index < -0.39 is 0 Å². The van der Waals surface area contributed by atoms with Gasteiger partial charge in [-0.05, 0) is 80.5 Å². The fraction of sp³-hybridized carbons (Fsp3) is 0.320. The summed E-state index contributed by atoms with van der Waals surface area (Å²) in [5.74, 6) is -0.00119. The predicted octanol–water partition coefficient (Wildman–Crippen LogP) is 5.55. The Morgan fingerprint density at radius 1 is 1.04 bits per heavy atom. The van der Waals surface area contributed by atoms with E-state index in [0.29, 0.717) is 5.56 Å². The van der Waals surface area contributed by atoms with Gasteiger partial charge >= 0.3 is 0 Å². The van der Waals surface area contributed by atoms with Crippen LogP contribution >= 0.6 is 0 Å². The standard InChI is InChI=1S/C25H28N2O/c1-3-18(2)26-25(28)20-13-15-22(16-14-20)27-23-12-8-7-11-21(23)17-24(27)19-9-5-4-6-10-19/h4-6,9-10,13-18H,3,7-8,11-12H2,1-2H3,(H,26,28)/t18-/m1/s1. The van der Waals surface area contributed by atoms with E-state index >= 15 is 0 Å². The molecule has 1 aromatic heterocycles. The SMILES string of the molecule is CC[C@@H](C)NC(=O)c1ccc(-n2c(-c3ccccc3)cc3c2CCCC3)cc1. The van der Waals surface area contributed by atoms with Crippen LogP contribution in [0.25, 0.3) is 16.9 Å². The van der Waals surface area contributed by atoms with Gasteiger partial charge in [-0.15, -0.1) is 0 Å². The van der Waals surface area contributed by atoms with Crippen molar-refractivity contribution >= 4 is 5.91 Å². The molecule has 1 N–H and O–H groups in total. The number of nitrogens with one attached hydrogen (secondary N) is 1. The van der Waals surface area contributed by atoms with Crippen LogP contribution in [0.15, 0.2) is 60.7 Å². The van der Waals surface area contributed by atoms with Crippen LogP contribution in [0, 0.1) is 0 Å². The maximum atomic E-state index is 12.4. The van der Waals surface area contributed by atoms with E-state index in [2.05, 4.69) is 65.3 Å². The molecule has 3 heteroatoms. The van der Waals surface area contributed by atoms with Gasteiger partial charge in [0, 0.05) is 23.0 Å². The second-order valence-corrected chi connectivity index (χ2v) is 7.74. The normalized spacial score (nSPS) is 14.4. The molecule has 0 spiro atoms. The minimum absolute atomic E-state index is 0.00119. The number of benzene rings is 2. The number of rotatable bonds is 5. The van der Waals surface area contributed by atoms with Crippen LogP contribution in [0.3, 0.4) is 0 Å². The molecule has 0 radical (unpaired) electrons. The Kier molecular flexibility index (Phi) is 5.34. The average molecular weight is 373 g/mol. The third-order valence-electron chi connectivity index (χ3n) is 5.75. The molecular formula is C25H28N2O. The molecule has 144 valence electrons. The van der Waals surface area contributed by atoms with Crippen LogP contribution in [-0.2, 0) is 12.8 Å². The molecule has 28 heavy (non-hydrogen) atoms. The number of aryl methyl sites for hydroxylation is 1. The highest BCUT2D eigenvalue weighted by molar-refractivity contribution is 5.94. The van der Waals surface area contributed by atoms with Gasteiger partial charge in [0.15, 0.2) is 0 Å². The molecule has 4 rings (SSSR count). The topological polar surface area (TPSA) is 34.0 Å². The average Bonchev–Trinajstić information content (AvgIpc) is 3.14. The summed E-state index contributed by atoms with van der Waals surface area (Å²) in [6.45, 7) is 4.11. The molecule has 3 aromatic rings. The van der Waals surface area contributed by atoms with E-state index in [-0.39, 0.29) is 11.9 Å². The smallest absolute Gasteiger partial charge is 0.251 e. The van der Waals surface area contributed by atoms with E-state index in [9.17, 15) is 4.79 Å². The van der Waals surface area contributed by atoms with Gasteiger partial charge in [0.1, 0.15) is 0 Å². The van der Waals surface area contributed by atoms with Crippen LogP contribution in [0.2, 0.25) is 0 Å². The van der Waals surface area contributed by atoms with Crippen molar-refractivity contribution < 1.29 is 4.79 Å². The third-order valence-corrected chi connectivity index (χ3v) is 5.75. The fourth-order valence-electron chi connectivity index (χ4n) is 3.99. The van der Waals surface area contributed by atoms with Crippen molar-refractivity contribution in [2.24, 2.45) is 0 Å². The number of nitrogens with zero attached hydrogens (tertiary/aromatic N) is 1. The monoisotopic (exact) mass is 372 g/mol. The first kappa shape index (κ1) is 18.5. The molecule has 1 aliphatic carbocycles. The van der Waals surface area contributed by atoms with Crippen molar-refractivity contribution in [1.82, 2.24) is 9.88 Å². The van der Waals surface area contributed by atoms with Gasteiger partial charge in [0.05, 0.1) is 5.69 Å². The van der Waals surface area contributed by atoms with Crippen molar-refractivity contribution in [2.75, 3.05) is 0 Å². The molecule has 0 unspecified atom stereocenters. The minimum Gasteiger partial charge on any atom is -0.350 e. The van der Waals surface area contributed by atoms with Crippen LogP contribution in [0.1, 0.15) is 54.7 Å². The van der Waals surface area contributed by atoms with Gasteiger partial charge in [-0.25, -0.2) is 0 Å². The highest BCUT2D eigenvalue weighted by Crippen LogP contribution is 2.33. The highest BCUT2D eigenvalue weighted by atomic mass is 16.1. The Hall–Kier alpha value is -2.81. The maximum absolute atomic E-state index is 12.4. The van der Waals surface area contributed by atoms with Crippen LogP contribution in [-0.4, -0.2) is 16.5 Å². The summed E-state index contributed by atoms with van der Waals surface area (Å²) in [6.07, 6.45) is 5.69. The number of carbonyl (C=O) groups is 1. The van der Waals surface area contributed by atoms with E-state index in [1.807, 2.05) is 19.1 Å². The predicted molar refractivity (Wildman–Crippen MR) is 115 cm³/mol. The molecule has 2 aromatic carbocycles. The van der Waals surface area contributed by atoms with Crippen molar-refractivity contribution in [2.45, 2.75) is 52.0 Å². The number of hydrogen-bond donors (Lipinski definition) is 1. The Balaban J connectivity index is 1.72. The second-order valence-electron chi connectivity index (χ2n) is 7.74. The summed E-state index contributed by atoms with van der Waals surface area (Å²) < 4.78 is 2.39. The first-order valence-corrected chi connectivity index (χ1v) is 10.4. The zero-order valence-corrected chi connectivity index (χ0v) is 16.7. The molecule has 3 nitrogen and oxygen atoms in total. The summed E-state index contributed by atoms with van der Waals surface area (Å²) >= 11 is 0. The zero-order valence-electron chi connectivity index (χ0n) is 16.7. The Morgan fingerprint density at radius 2 is 1.75 bits per heavy atom. The lowest BCUT2D eigenvalue weighted by molar-refractivity contribution is 0.0939. The molecule has 0 saturated heterocycles. The van der Waals surface area contributed by atoms with E-state index in [4.69, 9.17) is 0 Å². The van der Waals surface area contributed by atoms with Crippen molar-refractivity contribution in [3.05, 3.63) is 77.5 Å². The number of amides is 1. The van der Waals surface area contributed by atoms with E-state index in [0.717, 1.165) is 24.9 Å². The molecule has 1 amide bonds. The zero-order chi connectivity index (χ0) is 19.5. The summed E-state index contributed by atoms with van der Waals surface area (Å²) in [4.78, 5) is 12.4. The lowest BCUT2D eigenvalue weighted by Crippen LogP contribution is -2.31. The van der Waals surface area contributed by atoms with Gasteiger partial charge in [-0.3, -0.25) is 4.79 Å². The van der Waals surface area contributed by atoms with Gasteiger partial charge in [-0.1, -0.05) is 37.3 Å².